The second-order valence-corrected chi connectivity index (χ2v) is 13.6. The summed E-state index contributed by atoms with van der Waals surface area (Å²) < 4.78 is 0. The van der Waals surface area contributed by atoms with Crippen LogP contribution in [0.4, 0.5) is 0 Å². The Kier molecular flexibility index (Phi) is 6.82. The summed E-state index contributed by atoms with van der Waals surface area (Å²) in [5, 5.41) is 2.85. The molecule has 0 bridgehead atoms. The van der Waals surface area contributed by atoms with Gasteiger partial charge in [0.1, 0.15) is 8.07 Å². The molecule has 0 saturated carbocycles. The van der Waals surface area contributed by atoms with Crippen LogP contribution >= 0.6 is 0 Å². The van der Waals surface area contributed by atoms with Crippen LogP contribution < -0.4 is 16.1 Å². The lowest BCUT2D eigenvalue weighted by Gasteiger charge is -2.44. The molecule has 27 heavy (non-hydrogen) atoms. The summed E-state index contributed by atoms with van der Waals surface area (Å²) in [4.78, 5) is 12.7. The van der Waals surface area contributed by atoms with Crippen molar-refractivity contribution < 1.29 is 4.79 Å². The zero-order chi connectivity index (χ0) is 20.1. The maximum atomic E-state index is 12.7. The smallest absolute Gasteiger partial charge is 0.157 e. The van der Waals surface area contributed by atoms with Gasteiger partial charge in [-0.05, 0) is 17.0 Å². The van der Waals surface area contributed by atoms with Gasteiger partial charge in [0.25, 0.3) is 0 Å². The molecule has 0 fully saturated rings. The molecule has 0 spiro atoms. The van der Waals surface area contributed by atoms with E-state index in [1.165, 1.54) is 10.4 Å². The first kappa shape index (κ1) is 21.2. The summed E-state index contributed by atoms with van der Waals surface area (Å²) >= 11 is 0. The van der Waals surface area contributed by atoms with Crippen molar-refractivity contribution >= 4 is 24.2 Å². The summed E-state index contributed by atoms with van der Waals surface area (Å²) in [6.07, 6.45) is 2.17. The van der Waals surface area contributed by atoms with Crippen LogP contribution in [-0.4, -0.2) is 13.9 Å². The molecule has 2 aromatic rings. The van der Waals surface area contributed by atoms with Gasteiger partial charge in [-0.1, -0.05) is 106 Å². The number of benzene rings is 2. The van der Waals surface area contributed by atoms with Crippen LogP contribution in [0.1, 0.15) is 41.0 Å². The van der Waals surface area contributed by atoms with E-state index in [9.17, 15) is 4.79 Å². The SMILES string of the molecule is CC(C)/C(N)=C/C(=O)CC[Si](c1ccccc1)(c1ccccc1)C(C)(C)C. The number of ketones is 1. The van der Waals surface area contributed by atoms with Crippen LogP contribution in [0.15, 0.2) is 72.4 Å². The quantitative estimate of drug-likeness (QED) is 0.568. The molecule has 2 nitrogen and oxygen atoms in total. The fourth-order valence-corrected chi connectivity index (χ4v) is 9.41. The summed E-state index contributed by atoms with van der Waals surface area (Å²) in [6.45, 7) is 11.0. The van der Waals surface area contributed by atoms with Crippen molar-refractivity contribution in [2.75, 3.05) is 0 Å². The number of rotatable bonds is 7. The van der Waals surface area contributed by atoms with Crippen LogP contribution in [-0.2, 0) is 4.79 Å². The van der Waals surface area contributed by atoms with E-state index >= 15 is 0 Å². The van der Waals surface area contributed by atoms with Crippen LogP contribution in [0.3, 0.4) is 0 Å². The molecule has 2 rings (SSSR count). The van der Waals surface area contributed by atoms with Crippen molar-refractivity contribution in [2.45, 2.75) is 52.1 Å². The number of hydrogen-bond donors (Lipinski definition) is 1. The van der Waals surface area contributed by atoms with Crippen molar-refractivity contribution in [2.24, 2.45) is 11.7 Å². The van der Waals surface area contributed by atoms with E-state index < -0.39 is 8.07 Å². The molecular formula is C24H33NOSi. The maximum Gasteiger partial charge on any atom is 0.157 e. The third kappa shape index (κ3) is 4.78. The molecule has 0 aliphatic heterocycles. The van der Waals surface area contributed by atoms with E-state index in [2.05, 4.69) is 81.4 Å². The maximum absolute atomic E-state index is 12.7. The second-order valence-electron chi connectivity index (χ2n) is 8.65. The molecule has 0 atom stereocenters. The summed E-state index contributed by atoms with van der Waals surface area (Å²) in [6, 6.07) is 22.4. The van der Waals surface area contributed by atoms with Crippen molar-refractivity contribution in [1.82, 2.24) is 0 Å². The molecule has 0 radical (unpaired) electrons. The highest BCUT2D eigenvalue weighted by Crippen LogP contribution is 2.39. The molecule has 0 aromatic heterocycles. The van der Waals surface area contributed by atoms with Crippen molar-refractivity contribution in [3.05, 3.63) is 72.4 Å². The van der Waals surface area contributed by atoms with E-state index in [-0.39, 0.29) is 16.7 Å². The van der Waals surface area contributed by atoms with Crippen LogP contribution in [0, 0.1) is 5.92 Å². The van der Waals surface area contributed by atoms with E-state index in [4.69, 9.17) is 5.73 Å². The molecule has 0 unspecified atom stereocenters. The number of carbonyl (C=O) groups is 1. The summed E-state index contributed by atoms with van der Waals surface area (Å²) in [5.74, 6) is 0.330. The van der Waals surface area contributed by atoms with Gasteiger partial charge in [0.2, 0.25) is 0 Å². The largest absolute Gasteiger partial charge is 0.402 e. The molecule has 0 aliphatic rings. The predicted octanol–water partition coefficient (Wildman–Crippen LogP) is 4.51. The van der Waals surface area contributed by atoms with E-state index in [0.717, 1.165) is 6.04 Å². The lowest BCUT2D eigenvalue weighted by atomic mass is 10.1. The van der Waals surface area contributed by atoms with Crippen LogP contribution in [0.2, 0.25) is 11.1 Å². The van der Waals surface area contributed by atoms with Gasteiger partial charge in [0.15, 0.2) is 5.78 Å². The average Bonchev–Trinajstić information content (AvgIpc) is 2.62. The number of carbonyl (C=O) groups excluding carboxylic acids is 1. The minimum absolute atomic E-state index is 0.0727. The molecule has 0 saturated heterocycles. The Bertz CT molecular complexity index is 734. The van der Waals surface area contributed by atoms with Gasteiger partial charge in [0, 0.05) is 18.2 Å². The van der Waals surface area contributed by atoms with Gasteiger partial charge in [-0.15, -0.1) is 0 Å². The second kappa shape index (κ2) is 8.70. The standard InChI is InChI=1S/C24H33NOSi/c1-19(2)23(25)18-20(26)16-17-27(24(3,4)5,21-12-8-6-9-13-21)22-14-10-7-11-15-22/h6-15,18-19H,16-17,25H2,1-5H3/b23-18-. The predicted molar refractivity (Wildman–Crippen MR) is 119 cm³/mol. The molecular weight excluding hydrogens is 346 g/mol. The Morgan fingerprint density at radius 3 is 1.78 bits per heavy atom. The van der Waals surface area contributed by atoms with Gasteiger partial charge < -0.3 is 5.73 Å². The lowest BCUT2D eigenvalue weighted by molar-refractivity contribution is -0.114. The molecule has 144 valence electrons. The highest BCUT2D eigenvalue weighted by Gasteiger charge is 2.47. The van der Waals surface area contributed by atoms with Gasteiger partial charge in [0.05, 0.1) is 0 Å². The van der Waals surface area contributed by atoms with E-state index in [1.54, 1.807) is 6.08 Å². The van der Waals surface area contributed by atoms with Crippen molar-refractivity contribution in [3.63, 3.8) is 0 Å². The van der Waals surface area contributed by atoms with E-state index in [1.807, 2.05) is 13.8 Å². The highest BCUT2D eigenvalue weighted by atomic mass is 28.3. The molecule has 2 aromatic carbocycles. The van der Waals surface area contributed by atoms with Crippen molar-refractivity contribution in [1.29, 1.82) is 0 Å². The minimum Gasteiger partial charge on any atom is -0.402 e. The monoisotopic (exact) mass is 379 g/mol. The minimum atomic E-state index is -2.18. The third-order valence-electron chi connectivity index (χ3n) is 5.55. The fraction of sp³-hybridized carbons (Fsp3) is 0.375. The molecule has 2 N–H and O–H groups in total. The molecule has 3 heteroatoms. The fourth-order valence-electron chi connectivity index (χ4n) is 3.88. The normalized spacial score (nSPS) is 13.0. The average molecular weight is 380 g/mol. The van der Waals surface area contributed by atoms with Crippen molar-refractivity contribution in [3.8, 4) is 0 Å². The highest BCUT2D eigenvalue weighted by molar-refractivity contribution is 7.04. The Labute approximate surface area is 165 Å². The number of hydrogen-bond acceptors (Lipinski definition) is 2. The Balaban J connectivity index is 2.50. The number of allylic oxidation sites excluding steroid dienone is 2. The van der Waals surface area contributed by atoms with E-state index in [0.29, 0.717) is 12.1 Å². The first-order chi connectivity index (χ1) is 12.7. The van der Waals surface area contributed by atoms with Crippen LogP contribution in [0.25, 0.3) is 0 Å². The summed E-state index contributed by atoms with van der Waals surface area (Å²) in [5.41, 5.74) is 6.69. The Morgan fingerprint density at radius 1 is 0.963 bits per heavy atom. The molecule has 0 heterocycles. The van der Waals surface area contributed by atoms with Crippen LogP contribution in [0.5, 0.6) is 0 Å². The first-order valence-electron chi connectivity index (χ1n) is 9.79. The third-order valence-corrected chi connectivity index (χ3v) is 11.8. The topological polar surface area (TPSA) is 43.1 Å². The summed E-state index contributed by atoms with van der Waals surface area (Å²) in [7, 11) is -2.18. The van der Waals surface area contributed by atoms with Gasteiger partial charge in [-0.3, -0.25) is 4.79 Å². The lowest BCUT2D eigenvalue weighted by Crippen LogP contribution is -2.64. The van der Waals surface area contributed by atoms with Gasteiger partial charge in [-0.2, -0.15) is 0 Å². The van der Waals surface area contributed by atoms with Gasteiger partial charge >= 0.3 is 0 Å². The zero-order valence-corrected chi connectivity index (χ0v) is 18.3. The Morgan fingerprint density at radius 2 is 1.41 bits per heavy atom. The van der Waals surface area contributed by atoms with Gasteiger partial charge in [-0.25, -0.2) is 0 Å². The molecule has 0 amide bonds. The Hall–Kier alpha value is -2.13. The molecule has 0 aliphatic carbocycles. The number of nitrogens with two attached hydrogens (primary N) is 1. The zero-order valence-electron chi connectivity index (χ0n) is 17.3. The first-order valence-corrected chi connectivity index (χ1v) is 12.0.